The zero-order valence-corrected chi connectivity index (χ0v) is 8.82. The number of rotatable bonds is 2. The molecule has 0 fully saturated rings. The van der Waals surface area contributed by atoms with Crippen LogP contribution in [0.2, 0.25) is 0 Å². The second-order valence-electron chi connectivity index (χ2n) is 3.41. The molecule has 0 aromatic carbocycles. The van der Waals surface area contributed by atoms with E-state index in [-0.39, 0.29) is 23.8 Å². The van der Waals surface area contributed by atoms with Gasteiger partial charge in [0.15, 0.2) is 11.5 Å². The molecular weight excluding hydrogens is 237 g/mol. The molecule has 92 valence electrons. The third-order valence-electron chi connectivity index (χ3n) is 2.11. The van der Waals surface area contributed by atoms with E-state index in [0.29, 0.717) is 0 Å². The first-order valence-corrected chi connectivity index (χ1v) is 4.62. The number of fused-ring (bicyclic) bond motifs is 1. The lowest BCUT2D eigenvalue weighted by Crippen LogP contribution is -2.08. The third kappa shape index (κ3) is 2.16. The van der Waals surface area contributed by atoms with E-state index in [1.165, 1.54) is 7.11 Å². The van der Waals surface area contributed by atoms with Crippen molar-refractivity contribution in [3.8, 4) is 0 Å². The molecule has 2 aromatic heterocycles. The van der Waals surface area contributed by atoms with Crippen LogP contribution >= 0.6 is 0 Å². The minimum absolute atomic E-state index is 0.0744. The van der Waals surface area contributed by atoms with Crippen molar-refractivity contribution >= 4 is 11.3 Å². The highest BCUT2D eigenvalue weighted by molar-refractivity contribution is 5.65. The lowest BCUT2D eigenvalue weighted by atomic mass is 10.2. The van der Waals surface area contributed by atoms with Crippen LogP contribution in [0.3, 0.4) is 0 Å². The molecule has 17 heavy (non-hydrogen) atoms. The minimum atomic E-state index is -4.46. The molecule has 2 rings (SSSR count). The van der Waals surface area contributed by atoms with Crippen molar-refractivity contribution in [2.24, 2.45) is 0 Å². The van der Waals surface area contributed by atoms with Crippen LogP contribution in [-0.4, -0.2) is 21.7 Å². The lowest BCUT2D eigenvalue weighted by Gasteiger charge is -2.07. The summed E-state index contributed by atoms with van der Waals surface area (Å²) in [5.41, 5.74) is 4.75. The number of ether oxygens (including phenoxy) is 1. The standard InChI is InChI=1S/C9H9F3N4O/c1-17-4-7-14-8-6(13)2-5(9(10,11)12)3-16(8)15-7/h2-3H,4,13H2,1H3. The molecule has 0 aliphatic heterocycles. The van der Waals surface area contributed by atoms with Gasteiger partial charge in [0.25, 0.3) is 0 Å². The number of anilines is 1. The van der Waals surface area contributed by atoms with Crippen LogP contribution in [0.1, 0.15) is 11.4 Å². The van der Waals surface area contributed by atoms with Crippen molar-refractivity contribution in [1.82, 2.24) is 14.6 Å². The normalized spacial score (nSPS) is 12.2. The molecule has 0 bridgehead atoms. The van der Waals surface area contributed by atoms with Crippen LogP contribution in [0.15, 0.2) is 12.3 Å². The maximum atomic E-state index is 12.5. The van der Waals surface area contributed by atoms with Crippen molar-refractivity contribution in [2.75, 3.05) is 12.8 Å². The van der Waals surface area contributed by atoms with Crippen molar-refractivity contribution in [3.63, 3.8) is 0 Å². The molecule has 2 aromatic rings. The van der Waals surface area contributed by atoms with Gasteiger partial charge in [-0.2, -0.15) is 13.2 Å². The highest BCUT2D eigenvalue weighted by atomic mass is 19.4. The van der Waals surface area contributed by atoms with Crippen LogP contribution in [0.25, 0.3) is 5.65 Å². The van der Waals surface area contributed by atoms with Gasteiger partial charge < -0.3 is 10.5 Å². The van der Waals surface area contributed by atoms with Gasteiger partial charge in [-0.25, -0.2) is 9.50 Å². The van der Waals surface area contributed by atoms with E-state index in [9.17, 15) is 13.2 Å². The van der Waals surface area contributed by atoms with Crippen molar-refractivity contribution < 1.29 is 17.9 Å². The monoisotopic (exact) mass is 246 g/mol. The van der Waals surface area contributed by atoms with Gasteiger partial charge in [0.05, 0.1) is 11.3 Å². The van der Waals surface area contributed by atoms with E-state index in [4.69, 9.17) is 10.5 Å². The summed E-state index contributed by atoms with van der Waals surface area (Å²) in [6.45, 7) is 0.114. The molecular formula is C9H9F3N4O. The third-order valence-corrected chi connectivity index (χ3v) is 2.11. The number of methoxy groups -OCH3 is 1. The molecule has 0 unspecified atom stereocenters. The summed E-state index contributed by atoms with van der Waals surface area (Å²) in [6, 6.07) is 0.834. The van der Waals surface area contributed by atoms with Crippen LogP contribution < -0.4 is 5.73 Å². The first-order chi connectivity index (χ1) is 7.91. The largest absolute Gasteiger partial charge is 0.417 e. The van der Waals surface area contributed by atoms with E-state index in [1.807, 2.05) is 0 Å². The van der Waals surface area contributed by atoms with Gasteiger partial charge in [-0.1, -0.05) is 0 Å². The Hall–Kier alpha value is -1.83. The first kappa shape index (κ1) is 11.6. The van der Waals surface area contributed by atoms with Crippen LogP contribution in [0, 0.1) is 0 Å². The Morgan fingerprint density at radius 3 is 2.76 bits per heavy atom. The van der Waals surface area contributed by atoms with Crippen molar-refractivity contribution in [2.45, 2.75) is 12.8 Å². The van der Waals surface area contributed by atoms with Gasteiger partial charge >= 0.3 is 6.18 Å². The SMILES string of the molecule is COCc1nc2c(N)cc(C(F)(F)F)cn2n1. The lowest BCUT2D eigenvalue weighted by molar-refractivity contribution is -0.137. The molecule has 0 spiro atoms. The summed E-state index contributed by atoms with van der Waals surface area (Å²) < 4.78 is 43.3. The molecule has 5 nitrogen and oxygen atoms in total. The van der Waals surface area contributed by atoms with Gasteiger partial charge in [-0.3, -0.25) is 0 Å². The van der Waals surface area contributed by atoms with Crippen molar-refractivity contribution in [1.29, 1.82) is 0 Å². The maximum absolute atomic E-state index is 12.5. The summed E-state index contributed by atoms with van der Waals surface area (Å²) in [6.07, 6.45) is -3.62. The summed E-state index contributed by atoms with van der Waals surface area (Å²) >= 11 is 0. The molecule has 0 saturated carbocycles. The van der Waals surface area contributed by atoms with Gasteiger partial charge in [0.1, 0.15) is 6.61 Å². The first-order valence-electron chi connectivity index (χ1n) is 4.62. The summed E-state index contributed by atoms with van der Waals surface area (Å²) in [7, 11) is 1.44. The number of hydrogen-bond acceptors (Lipinski definition) is 4. The Kier molecular flexibility index (Phi) is 2.66. The molecule has 0 saturated heterocycles. The van der Waals surface area contributed by atoms with Gasteiger partial charge in [0, 0.05) is 13.3 Å². The van der Waals surface area contributed by atoms with E-state index in [2.05, 4.69) is 10.1 Å². The van der Waals surface area contributed by atoms with E-state index < -0.39 is 11.7 Å². The highest BCUT2D eigenvalue weighted by Crippen LogP contribution is 2.31. The van der Waals surface area contributed by atoms with Crippen LogP contribution in [-0.2, 0) is 17.5 Å². The number of alkyl halides is 3. The Morgan fingerprint density at radius 1 is 1.47 bits per heavy atom. The Labute approximate surface area is 94.0 Å². The Balaban J connectivity index is 2.57. The number of hydrogen-bond donors (Lipinski definition) is 1. The molecule has 2 heterocycles. The molecule has 0 atom stereocenters. The average Bonchev–Trinajstić information content (AvgIpc) is 2.60. The van der Waals surface area contributed by atoms with Crippen molar-refractivity contribution in [3.05, 3.63) is 23.7 Å². The molecule has 0 radical (unpaired) electrons. The second-order valence-corrected chi connectivity index (χ2v) is 3.41. The van der Waals surface area contributed by atoms with E-state index in [0.717, 1.165) is 16.8 Å². The quantitative estimate of drug-likeness (QED) is 0.871. The van der Waals surface area contributed by atoms with Gasteiger partial charge in [0.2, 0.25) is 0 Å². The minimum Gasteiger partial charge on any atom is -0.396 e. The smallest absolute Gasteiger partial charge is 0.396 e. The summed E-state index contributed by atoms with van der Waals surface area (Å²) in [5.74, 6) is 0.276. The topological polar surface area (TPSA) is 65.4 Å². The predicted octanol–water partition coefficient (Wildman–Crippen LogP) is 1.48. The number of halogens is 3. The highest BCUT2D eigenvalue weighted by Gasteiger charge is 2.32. The average molecular weight is 246 g/mol. The zero-order valence-electron chi connectivity index (χ0n) is 8.82. The van der Waals surface area contributed by atoms with E-state index >= 15 is 0 Å². The molecule has 8 heteroatoms. The fraction of sp³-hybridized carbons (Fsp3) is 0.333. The summed E-state index contributed by atoms with van der Waals surface area (Å²) in [5, 5.41) is 3.84. The number of nitrogens with zero attached hydrogens (tertiary/aromatic N) is 3. The maximum Gasteiger partial charge on any atom is 0.417 e. The number of pyridine rings is 1. The predicted molar refractivity (Wildman–Crippen MR) is 53.1 cm³/mol. The summed E-state index contributed by atoms with van der Waals surface area (Å²) in [4.78, 5) is 3.96. The van der Waals surface area contributed by atoms with E-state index in [1.54, 1.807) is 0 Å². The number of nitrogens with two attached hydrogens (primary N) is 1. The number of aromatic nitrogens is 3. The molecule has 2 N–H and O–H groups in total. The number of nitrogen functional groups attached to an aromatic ring is 1. The molecule has 0 amide bonds. The Bertz CT molecular complexity index is 549. The fourth-order valence-electron chi connectivity index (χ4n) is 1.40. The molecule has 0 aliphatic rings. The van der Waals surface area contributed by atoms with Gasteiger partial charge in [-0.05, 0) is 6.07 Å². The second kappa shape index (κ2) is 3.88. The molecule has 0 aliphatic carbocycles. The zero-order chi connectivity index (χ0) is 12.6. The van der Waals surface area contributed by atoms with Crippen LogP contribution in [0.5, 0.6) is 0 Å². The van der Waals surface area contributed by atoms with Gasteiger partial charge in [-0.15, -0.1) is 5.10 Å². The fourth-order valence-corrected chi connectivity index (χ4v) is 1.40. The van der Waals surface area contributed by atoms with Crippen LogP contribution in [0.4, 0.5) is 18.9 Å². The Morgan fingerprint density at radius 2 is 2.18 bits per heavy atom.